The molecule has 1 aromatic rings. The van der Waals surface area contributed by atoms with Crippen LogP contribution >= 0.6 is 0 Å². The zero-order chi connectivity index (χ0) is 13.2. The lowest BCUT2D eigenvalue weighted by molar-refractivity contribution is 0.0884. The quantitative estimate of drug-likeness (QED) is 0.826. The molecule has 19 heavy (non-hydrogen) atoms. The van der Waals surface area contributed by atoms with Gasteiger partial charge >= 0.3 is 0 Å². The van der Waals surface area contributed by atoms with Crippen LogP contribution in [0.1, 0.15) is 60.0 Å². The second-order valence-electron chi connectivity index (χ2n) is 6.17. The van der Waals surface area contributed by atoms with Crippen molar-refractivity contribution >= 4 is 5.78 Å². The lowest BCUT2D eigenvalue weighted by atomic mass is 9.81. The molecule has 0 amide bonds. The van der Waals surface area contributed by atoms with E-state index in [1.54, 1.807) is 0 Å². The fraction of sp³-hybridized carbons (Fsp3) is 0.588. The molecule has 0 spiro atoms. The molecule has 2 aliphatic carbocycles. The first-order valence-corrected chi connectivity index (χ1v) is 7.65. The van der Waals surface area contributed by atoms with Crippen LogP contribution in [0.25, 0.3) is 0 Å². The van der Waals surface area contributed by atoms with Crippen molar-refractivity contribution in [3.63, 3.8) is 0 Å². The van der Waals surface area contributed by atoms with Crippen LogP contribution in [0.3, 0.4) is 0 Å². The van der Waals surface area contributed by atoms with E-state index in [0.29, 0.717) is 11.8 Å². The Morgan fingerprint density at radius 2 is 1.68 bits per heavy atom. The van der Waals surface area contributed by atoms with Gasteiger partial charge in [-0.2, -0.15) is 0 Å². The first-order chi connectivity index (χ1) is 9.24. The Hall–Kier alpha value is -1.15. The normalized spacial score (nSPS) is 26.8. The molecular weight excluding hydrogens is 234 g/mol. The number of aryl methyl sites for hydroxylation is 2. The Labute approximate surface area is 115 Å². The van der Waals surface area contributed by atoms with Gasteiger partial charge < -0.3 is 5.73 Å². The Morgan fingerprint density at radius 1 is 1.00 bits per heavy atom. The van der Waals surface area contributed by atoms with Crippen LogP contribution in [0.5, 0.6) is 0 Å². The number of hydrogen-bond acceptors (Lipinski definition) is 2. The number of ketones is 1. The number of hydrogen-bond donors (Lipinski definition) is 1. The first-order valence-electron chi connectivity index (χ1n) is 7.65. The van der Waals surface area contributed by atoms with Crippen molar-refractivity contribution < 1.29 is 4.79 Å². The van der Waals surface area contributed by atoms with Gasteiger partial charge in [-0.25, -0.2) is 0 Å². The minimum atomic E-state index is 0.210. The lowest BCUT2D eigenvalue weighted by Gasteiger charge is -2.25. The second-order valence-corrected chi connectivity index (χ2v) is 6.17. The van der Waals surface area contributed by atoms with E-state index in [1.807, 2.05) is 6.07 Å². The maximum atomic E-state index is 12.6. The molecule has 0 bridgehead atoms. The molecule has 0 atom stereocenters. The SMILES string of the molecule is NC1CCC(C(=O)c2ccc3c(c2)CCCC3)CC1. The highest BCUT2D eigenvalue weighted by Crippen LogP contribution is 2.28. The number of fused-ring (bicyclic) bond motifs is 1. The van der Waals surface area contributed by atoms with Gasteiger partial charge in [0.05, 0.1) is 0 Å². The van der Waals surface area contributed by atoms with Crippen LogP contribution < -0.4 is 5.73 Å². The lowest BCUT2D eigenvalue weighted by Crippen LogP contribution is -2.30. The molecule has 0 radical (unpaired) electrons. The highest BCUT2D eigenvalue weighted by Gasteiger charge is 2.25. The third-order valence-electron chi connectivity index (χ3n) is 4.78. The molecule has 0 aromatic heterocycles. The summed E-state index contributed by atoms with van der Waals surface area (Å²) in [5.41, 5.74) is 9.71. The summed E-state index contributed by atoms with van der Waals surface area (Å²) in [7, 11) is 0. The zero-order valence-corrected chi connectivity index (χ0v) is 11.5. The minimum absolute atomic E-state index is 0.210. The van der Waals surface area contributed by atoms with Crippen LogP contribution in [0.15, 0.2) is 18.2 Å². The molecule has 102 valence electrons. The van der Waals surface area contributed by atoms with Crippen molar-refractivity contribution in [2.24, 2.45) is 11.7 Å². The smallest absolute Gasteiger partial charge is 0.165 e. The second kappa shape index (κ2) is 5.46. The number of benzene rings is 1. The number of carbonyl (C=O) groups is 1. The fourth-order valence-electron chi connectivity index (χ4n) is 3.50. The van der Waals surface area contributed by atoms with Gasteiger partial charge in [-0.05, 0) is 68.6 Å². The van der Waals surface area contributed by atoms with E-state index in [2.05, 4.69) is 12.1 Å². The minimum Gasteiger partial charge on any atom is -0.328 e. The highest BCUT2D eigenvalue weighted by molar-refractivity contribution is 5.98. The summed E-state index contributed by atoms with van der Waals surface area (Å²) in [4.78, 5) is 12.6. The zero-order valence-electron chi connectivity index (χ0n) is 11.5. The van der Waals surface area contributed by atoms with Gasteiger partial charge in [-0.1, -0.05) is 12.1 Å². The predicted molar refractivity (Wildman–Crippen MR) is 77.3 cm³/mol. The standard InChI is InChI=1S/C17H23NO/c18-16-9-7-13(8-10-16)17(19)15-6-5-12-3-1-2-4-14(12)11-15/h5-6,11,13,16H,1-4,7-10,18H2. The van der Waals surface area contributed by atoms with Gasteiger partial charge in [-0.15, -0.1) is 0 Å². The van der Waals surface area contributed by atoms with E-state index in [0.717, 1.165) is 37.7 Å². The van der Waals surface area contributed by atoms with Crippen LogP contribution in [0.4, 0.5) is 0 Å². The van der Waals surface area contributed by atoms with Crippen molar-refractivity contribution in [2.45, 2.75) is 57.4 Å². The Balaban J connectivity index is 1.76. The molecule has 0 aliphatic heterocycles. The Morgan fingerprint density at radius 3 is 2.42 bits per heavy atom. The monoisotopic (exact) mass is 257 g/mol. The van der Waals surface area contributed by atoms with Gasteiger partial charge in [-0.3, -0.25) is 4.79 Å². The van der Waals surface area contributed by atoms with E-state index in [9.17, 15) is 4.79 Å². The average Bonchev–Trinajstić information content (AvgIpc) is 2.47. The summed E-state index contributed by atoms with van der Waals surface area (Å²) in [6.45, 7) is 0. The summed E-state index contributed by atoms with van der Waals surface area (Å²) < 4.78 is 0. The molecule has 1 fully saturated rings. The van der Waals surface area contributed by atoms with Crippen molar-refractivity contribution in [1.29, 1.82) is 0 Å². The number of rotatable bonds is 2. The Kier molecular flexibility index (Phi) is 3.69. The Bertz CT molecular complexity index is 472. The third kappa shape index (κ3) is 2.74. The van der Waals surface area contributed by atoms with E-state index in [-0.39, 0.29) is 5.92 Å². The van der Waals surface area contributed by atoms with Crippen molar-refractivity contribution in [3.8, 4) is 0 Å². The summed E-state index contributed by atoms with van der Waals surface area (Å²) in [6, 6.07) is 6.69. The summed E-state index contributed by atoms with van der Waals surface area (Å²) in [6.07, 6.45) is 8.83. The molecule has 1 aromatic carbocycles. The molecule has 2 nitrogen and oxygen atoms in total. The van der Waals surface area contributed by atoms with E-state index in [1.165, 1.54) is 30.4 Å². The van der Waals surface area contributed by atoms with E-state index >= 15 is 0 Å². The molecule has 0 saturated heterocycles. The van der Waals surface area contributed by atoms with Gasteiger partial charge in [0, 0.05) is 17.5 Å². The molecular formula is C17H23NO. The third-order valence-corrected chi connectivity index (χ3v) is 4.78. The van der Waals surface area contributed by atoms with Gasteiger partial charge in [0.1, 0.15) is 0 Å². The van der Waals surface area contributed by atoms with Crippen LogP contribution in [-0.4, -0.2) is 11.8 Å². The molecule has 2 aliphatic rings. The molecule has 3 rings (SSSR count). The number of Topliss-reactive ketones (excluding diaryl/α,β-unsaturated/α-hetero) is 1. The van der Waals surface area contributed by atoms with Crippen molar-refractivity contribution in [1.82, 2.24) is 0 Å². The number of carbonyl (C=O) groups excluding carboxylic acids is 1. The first kappa shape index (κ1) is 12.9. The van der Waals surface area contributed by atoms with E-state index < -0.39 is 0 Å². The largest absolute Gasteiger partial charge is 0.328 e. The summed E-state index contributed by atoms with van der Waals surface area (Å²) in [5, 5.41) is 0. The van der Waals surface area contributed by atoms with Gasteiger partial charge in [0.15, 0.2) is 5.78 Å². The fourth-order valence-corrected chi connectivity index (χ4v) is 3.50. The topological polar surface area (TPSA) is 43.1 Å². The molecule has 0 heterocycles. The molecule has 1 saturated carbocycles. The van der Waals surface area contributed by atoms with Crippen LogP contribution in [-0.2, 0) is 12.8 Å². The molecule has 2 N–H and O–H groups in total. The average molecular weight is 257 g/mol. The van der Waals surface area contributed by atoms with Crippen molar-refractivity contribution in [2.75, 3.05) is 0 Å². The number of nitrogens with two attached hydrogens (primary N) is 1. The van der Waals surface area contributed by atoms with Crippen molar-refractivity contribution in [3.05, 3.63) is 34.9 Å². The molecule has 2 heteroatoms. The van der Waals surface area contributed by atoms with Crippen LogP contribution in [0, 0.1) is 5.92 Å². The predicted octanol–water partition coefficient (Wildman–Crippen LogP) is 3.27. The van der Waals surface area contributed by atoms with E-state index in [4.69, 9.17) is 5.73 Å². The summed E-state index contributed by atoms with van der Waals surface area (Å²) >= 11 is 0. The maximum Gasteiger partial charge on any atom is 0.165 e. The maximum absolute atomic E-state index is 12.6. The summed E-state index contributed by atoms with van der Waals surface area (Å²) in [5.74, 6) is 0.557. The molecule has 0 unspecified atom stereocenters. The van der Waals surface area contributed by atoms with Gasteiger partial charge in [0.2, 0.25) is 0 Å². The van der Waals surface area contributed by atoms with Crippen LogP contribution in [0.2, 0.25) is 0 Å². The van der Waals surface area contributed by atoms with Gasteiger partial charge in [0.25, 0.3) is 0 Å². The highest BCUT2D eigenvalue weighted by atomic mass is 16.1.